The van der Waals surface area contributed by atoms with Crippen LogP contribution in [0.1, 0.15) is 111 Å². The summed E-state index contributed by atoms with van der Waals surface area (Å²) in [5.41, 5.74) is 9.88. The summed E-state index contributed by atoms with van der Waals surface area (Å²) < 4.78 is 0. The maximum absolute atomic E-state index is 4.65. The fraction of sp³-hybridized carbons (Fsp3) is 0.514. The first-order valence-corrected chi connectivity index (χ1v) is 13.8. The highest BCUT2D eigenvalue weighted by Crippen LogP contribution is 2.50. The normalized spacial score (nSPS) is 19.6. The number of hydrogen-bond donors (Lipinski definition) is 0. The third-order valence-corrected chi connectivity index (χ3v) is 9.29. The Kier molecular flexibility index (Phi) is 9.74. The summed E-state index contributed by atoms with van der Waals surface area (Å²) in [7, 11) is 0. The van der Waals surface area contributed by atoms with E-state index in [1.54, 1.807) is 0 Å². The van der Waals surface area contributed by atoms with Crippen LogP contribution in [0, 0.1) is 12.3 Å². The van der Waals surface area contributed by atoms with Gasteiger partial charge in [-0.3, -0.25) is 4.99 Å². The molecule has 0 aliphatic heterocycles. The molecule has 1 nitrogen and oxygen atoms in total. The number of rotatable bonds is 12. The maximum Gasteiger partial charge on any atom is 0.0621 e. The predicted molar refractivity (Wildman–Crippen MR) is 162 cm³/mol. The Balaban J connectivity index is 2.70. The van der Waals surface area contributed by atoms with E-state index in [1.807, 2.05) is 26.1 Å². The van der Waals surface area contributed by atoms with Gasteiger partial charge < -0.3 is 0 Å². The Hall–Kier alpha value is -2.41. The molecule has 0 amide bonds. The van der Waals surface area contributed by atoms with Gasteiger partial charge in [0, 0.05) is 17.0 Å². The van der Waals surface area contributed by atoms with Crippen LogP contribution in [0.4, 0.5) is 0 Å². The summed E-state index contributed by atoms with van der Waals surface area (Å²) in [6.07, 6.45) is 13.7. The van der Waals surface area contributed by atoms with Gasteiger partial charge in [0.2, 0.25) is 0 Å². The Morgan fingerprint density at radius 3 is 2.19 bits per heavy atom. The lowest BCUT2D eigenvalue weighted by molar-refractivity contribution is 0.131. The lowest BCUT2D eigenvalue weighted by atomic mass is 9.61. The zero-order valence-electron chi connectivity index (χ0n) is 24.8. The first-order chi connectivity index (χ1) is 16.8. The van der Waals surface area contributed by atoms with Crippen molar-refractivity contribution in [3.8, 4) is 0 Å². The molecule has 36 heavy (non-hydrogen) atoms. The van der Waals surface area contributed by atoms with E-state index in [9.17, 15) is 0 Å². The van der Waals surface area contributed by atoms with E-state index < -0.39 is 0 Å². The van der Waals surface area contributed by atoms with E-state index in [0.717, 1.165) is 17.7 Å². The second-order valence-corrected chi connectivity index (χ2v) is 11.8. The minimum atomic E-state index is -0.333. The van der Waals surface area contributed by atoms with Crippen molar-refractivity contribution in [1.29, 1.82) is 0 Å². The summed E-state index contributed by atoms with van der Waals surface area (Å²) in [4.78, 5) is 4.65. The van der Waals surface area contributed by atoms with Crippen molar-refractivity contribution in [2.24, 2.45) is 10.4 Å². The fourth-order valence-corrected chi connectivity index (χ4v) is 5.97. The van der Waals surface area contributed by atoms with E-state index in [4.69, 9.17) is 0 Å². The molecular weight excluding hydrogens is 434 g/mol. The molecule has 1 aromatic rings. The van der Waals surface area contributed by atoms with Crippen molar-refractivity contribution in [3.63, 3.8) is 0 Å². The quantitative estimate of drug-likeness (QED) is 0.159. The van der Waals surface area contributed by atoms with E-state index in [-0.39, 0.29) is 10.8 Å². The minimum Gasteiger partial charge on any atom is -0.262 e. The number of allylic oxidation sites excluding steroid dienone is 6. The minimum absolute atomic E-state index is 0.0186. The molecule has 0 aromatic heterocycles. The molecule has 196 valence electrons. The first kappa shape index (κ1) is 29.8. The molecule has 1 saturated carbocycles. The monoisotopic (exact) mass is 485 g/mol. The van der Waals surface area contributed by atoms with Gasteiger partial charge in [-0.25, -0.2) is 0 Å². The van der Waals surface area contributed by atoms with Gasteiger partial charge in [0.1, 0.15) is 0 Å². The molecule has 1 aliphatic rings. The number of aliphatic imine (C=N–C) groups is 1. The predicted octanol–water partition coefficient (Wildman–Crippen LogP) is 10.5. The Morgan fingerprint density at radius 1 is 1.14 bits per heavy atom. The summed E-state index contributed by atoms with van der Waals surface area (Å²) >= 11 is 0. The lowest BCUT2D eigenvalue weighted by Gasteiger charge is -2.44. The summed E-state index contributed by atoms with van der Waals surface area (Å²) in [5.74, 6) is 0. The van der Waals surface area contributed by atoms with Gasteiger partial charge in [0.05, 0.1) is 5.70 Å². The van der Waals surface area contributed by atoms with Crippen LogP contribution in [0.25, 0.3) is 0 Å². The van der Waals surface area contributed by atoms with Crippen LogP contribution in [0.2, 0.25) is 0 Å². The smallest absolute Gasteiger partial charge is 0.0621 e. The Morgan fingerprint density at radius 2 is 1.78 bits per heavy atom. The van der Waals surface area contributed by atoms with Crippen LogP contribution in [-0.4, -0.2) is 6.21 Å². The highest BCUT2D eigenvalue weighted by Gasteiger charge is 2.39. The van der Waals surface area contributed by atoms with Crippen molar-refractivity contribution in [2.45, 2.75) is 112 Å². The van der Waals surface area contributed by atoms with Crippen molar-refractivity contribution < 1.29 is 0 Å². The first-order valence-electron chi connectivity index (χ1n) is 13.8. The van der Waals surface area contributed by atoms with Gasteiger partial charge in [-0.2, -0.15) is 0 Å². The molecule has 1 fully saturated rings. The topological polar surface area (TPSA) is 12.4 Å². The average molecular weight is 486 g/mol. The molecule has 0 saturated heterocycles. The highest BCUT2D eigenvalue weighted by atomic mass is 14.7. The van der Waals surface area contributed by atoms with E-state index in [2.05, 4.69) is 97.5 Å². The molecule has 0 bridgehead atoms. The molecule has 2 atom stereocenters. The molecule has 2 rings (SSSR count). The molecule has 1 aromatic carbocycles. The molecule has 0 heterocycles. The number of aryl methyl sites for hydroxylation is 1. The average Bonchev–Trinajstić information content (AvgIpc) is 2.82. The van der Waals surface area contributed by atoms with E-state index >= 15 is 0 Å². The van der Waals surface area contributed by atoms with Crippen molar-refractivity contribution >= 4 is 6.21 Å². The second-order valence-electron chi connectivity index (χ2n) is 11.8. The van der Waals surface area contributed by atoms with Crippen LogP contribution in [0.5, 0.6) is 0 Å². The summed E-state index contributed by atoms with van der Waals surface area (Å²) in [6, 6.07) is 7.12. The highest BCUT2D eigenvalue weighted by molar-refractivity contribution is 5.58. The number of benzene rings is 1. The Bertz CT molecular complexity index is 1090. The molecule has 1 heteroatoms. The van der Waals surface area contributed by atoms with Gasteiger partial charge in [0.15, 0.2) is 0 Å². The molecular formula is C35H51N. The molecule has 1 aliphatic carbocycles. The van der Waals surface area contributed by atoms with Crippen molar-refractivity contribution in [3.05, 3.63) is 94.8 Å². The summed E-state index contributed by atoms with van der Waals surface area (Å²) in [5, 5.41) is 0. The van der Waals surface area contributed by atoms with Gasteiger partial charge >= 0.3 is 0 Å². The molecule has 2 unspecified atom stereocenters. The van der Waals surface area contributed by atoms with E-state index in [0.29, 0.717) is 5.41 Å². The molecule has 0 spiro atoms. The fourth-order valence-electron chi connectivity index (χ4n) is 5.97. The van der Waals surface area contributed by atoms with Crippen LogP contribution in [0.15, 0.2) is 83.1 Å². The van der Waals surface area contributed by atoms with Crippen molar-refractivity contribution in [1.82, 2.24) is 0 Å². The number of nitrogens with zero attached hydrogens (tertiary/aromatic N) is 1. The van der Waals surface area contributed by atoms with Gasteiger partial charge in [0.25, 0.3) is 0 Å². The van der Waals surface area contributed by atoms with Crippen molar-refractivity contribution in [2.75, 3.05) is 0 Å². The van der Waals surface area contributed by atoms with Crippen LogP contribution in [0.3, 0.4) is 0 Å². The number of hydrogen-bond acceptors (Lipinski definition) is 1. The van der Waals surface area contributed by atoms with E-state index in [1.165, 1.54) is 65.5 Å². The third kappa shape index (κ3) is 5.93. The zero-order valence-corrected chi connectivity index (χ0v) is 24.8. The second kappa shape index (κ2) is 11.8. The largest absolute Gasteiger partial charge is 0.262 e. The van der Waals surface area contributed by atoms with Gasteiger partial charge in [-0.1, -0.05) is 81.0 Å². The van der Waals surface area contributed by atoms with Gasteiger partial charge in [-0.15, -0.1) is 0 Å². The van der Waals surface area contributed by atoms with Crippen LogP contribution >= 0.6 is 0 Å². The summed E-state index contributed by atoms with van der Waals surface area (Å²) in [6.45, 7) is 32.7. The maximum atomic E-state index is 4.65. The van der Waals surface area contributed by atoms with Gasteiger partial charge in [-0.05, 0) is 114 Å². The third-order valence-electron chi connectivity index (χ3n) is 9.29. The SMILES string of the molecule is C=C/C(C)=C(\C)C(C)(/C=C(/N=CC)C(=C)C)c1ccc(C(CC)(CCC2(C)CCC2)C(=C)C)c(C)c1. The Labute approximate surface area is 222 Å². The van der Waals surface area contributed by atoms with Crippen LogP contribution < -0.4 is 0 Å². The lowest BCUT2D eigenvalue weighted by Crippen LogP contribution is -2.33. The van der Waals surface area contributed by atoms with Crippen LogP contribution in [-0.2, 0) is 10.8 Å². The standard InChI is InChI=1S/C35H51N/c1-13-27(8)29(10)34(12,24-32(25(4)5)36-15-3)30-17-18-31(28(9)23-30)35(14-2,26(6)7)22-21-33(11)19-16-20-33/h13,15,17-18,23-24H,1,4,6,14,16,19-22H2,2-3,5,7-12H3/b29-27+,32-24+,36-15?. The molecule has 0 N–H and O–H groups in total. The molecule has 0 radical (unpaired) electrons. The zero-order chi connectivity index (χ0) is 27.3.